The van der Waals surface area contributed by atoms with Crippen molar-refractivity contribution >= 4 is 39.3 Å². The Labute approximate surface area is 136 Å². The number of anilines is 1. The summed E-state index contributed by atoms with van der Waals surface area (Å²) in [6.07, 6.45) is 5.98. The van der Waals surface area contributed by atoms with Crippen molar-refractivity contribution in [2.45, 2.75) is 57.9 Å². The molecule has 3 nitrogen and oxygen atoms in total. The fourth-order valence-corrected chi connectivity index (χ4v) is 4.10. The van der Waals surface area contributed by atoms with Gasteiger partial charge in [-0.1, -0.05) is 33.6 Å². The quantitative estimate of drug-likeness (QED) is 0.383. The molecule has 1 N–H and O–H groups in total. The van der Waals surface area contributed by atoms with Gasteiger partial charge in [0.1, 0.15) is 9.86 Å². The van der Waals surface area contributed by atoms with Gasteiger partial charge in [-0.25, -0.2) is 9.97 Å². The van der Waals surface area contributed by atoms with Crippen LogP contribution in [0.5, 0.6) is 0 Å². The molecule has 0 unspecified atom stereocenters. The highest BCUT2D eigenvalue weighted by atomic mass is 32.2. The Bertz CT molecular complexity index is 566. The van der Waals surface area contributed by atoms with E-state index in [0.29, 0.717) is 0 Å². The van der Waals surface area contributed by atoms with Gasteiger partial charge in [0, 0.05) is 16.8 Å². The fraction of sp³-hybridized carbons (Fsp3) is 0.625. The third kappa shape index (κ3) is 4.58. The Kier molecular flexibility index (Phi) is 6.77. The van der Waals surface area contributed by atoms with E-state index in [9.17, 15) is 0 Å². The summed E-state index contributed by atoms with van der Waals surface area (Å²) >= 11 is 3.68. The number of aromatic nitrogens is 2. The average molecular weight is 324 g/mol. The van der Waals surface area contributed by atoms with Gasteiger partial charge in [-0.15, -0.1) is 23.1 Å². The van der Waals surface area contributed by atoms with Crippen LogP contribution in [0.15, 0.2) is 11.1 Å². The number of rotatable bonds is 9. The van der Waals surface area contributed by atoms with E-state index in [4.69, 9.17) is 4.98 Å². The van der Waals surface area contributed by atoms with Crippen LogP contribution in [0.25, 0.3) is 10.2 Å². The predicted octanol–water partition coefficient (Wildman–Crippen LogP) is 5.36. The summed E-state index contributed by atoms with van der Waals surface area (Å²) in [6.45, 7) is 7.53. The number of nitrogens with one attached hydrogen (secondary N) is 1. The molecule has 0 bridgehead atoms. The van der Waals surface area contributed by atoms with Crippen LogP contribution in [0.1, 0.15) is 51.3 Å². The summed E-state index contributed by atoms with van der Waals surface area (Å²) in [7, 11) is 0. The lowest BCUT2D eigenvalue weighted by molar-refractivity contribution is 0.778. The molecular formula is C16H25N3S2. The highest BCUT2D eigenvalue weighted by Gasteiger charge is 2.11. The van der Waals surface area contributed by atoms with Crippen LogP contribution >= 0.6 is 23.1 Å². The molecule has 0 saturated heterocycles. The van der Waals surface area contributed by atoms with Crippen molar-refractivity contribution in [3.63, 3.8) is 0 Å². The van der Waals surface area contributed by atoms with Gasteiger partial charge in [0.2, 0.25) is 5.95 Å². The molecule has 116 valence electrons. The summed E-state index contributed by atoms with van der Waals surface area (Å²) in [5.74, 6) is 1.93. The summed E-state index contributed by atoms with van der Waals surface area (Å²) in [6, 6.07) is 2.27. The highest BCUT2D eigenvalue weighted by Crippen LogP contribution is 2.33. The van der Waals surface area contributed by atoms with Gasteiger partial charge in [0.15, 0.2) is 0 Å². The summed E-state index contributed by atoms with van der Waals surface area (Å²) in [5, 5.41) is 5.71. The number of hydrogen-bond acceptors (Lipinski definition) is 5. The molecule has 0 aromatic carbocycles. The Balaban J connectivity index is 2.22. The number of nitrogens with zero attached hydrogens (tertiary/aromatic N) is 2. The molecule has 2 aromatic rings. The van der Waals surface area contributed by atoms with Crippen molar-refractivity contribution in [1.82, 2.24) is 9.97 Å². The number of fused-ring (bicyclic) bond motifs is 1. The Morgan fingerprint density at radius 2 is 2.00 bits per heavy atom. The largest absolute Gasteiger partial charge is 0.354 e. The summed E-state index contributed by atoms with van der Waals surface area (Å²) in [5.41, 5.74) is 0. The Morgan fingerprint density at radius 1 is 1.14 bits per heavy atom. The molecule has 5 heteroatoms. The van der Waals surface area contributed by atoms with Crippen molar-refractivity contribution in [3.8, 4) is 0 Å². The lowest BCUT2D eigenvalue weighted by atomic mass is 10.3. The molecule has 0 fully saturated rings. The minimum absolute atomic E-state index is 0.784. The molecule has 0 aliphatic carbocycles. The second-order valence-electron chi connectivity index (χ2n) is 5.12. The number of aryl methyl sites for hydroxylation is 1. The van der Waals surface area contributed by atoms with Crippen LogP contribution in [0.3, 0.4) is 0 Å². The first-order chi connectivity index (χ1) is 10.3. The van der Waals surface area contributed by atoms with Gasteiger partial charge in [-0.05, 0) is 31.1 Å². The lowest BCUT2D eigenvalue weighted by Gasteiger charge is -2.07. The van der Waals surface area contributed by atoms with Crippen molar-refractivity contribution in [3.05, 3.63) is 10.9 Å². The third-order valence-electron chi connectivity index (χ3n) is 3.28. The summed E-state index contributed by atoms with van der Waals surface area (Å²) in [4.78, 5) is 11.9. The van der Waals surface area contributed by atoms with Crippen molar-refractivity contribution < 1.29 is 0 Å². The molecule has 0 atom stereocenters. The van der Waals surface area contributed by atoms with E-state index < -0.39 is 0 Å². The molecule has 0 saturated carbocycles. The molecule has 0 spiro atoms. The van der Waals surface area contributed by atoms with E-state index in [-0.39, 0.29) is 0 Å². The number of thiophene rings is 1. The minimum Gasteiger partial charge on any atom is -0.354 e. The standard InChI is InChI=1S/C16H25N3S2/c1-4-7-8-10-20-14-13-11-12(6-3)21-15(13)19-16(18-14)17-9-5-2/h11H,4-10H2,1-3H3,(H,17,18,19). The van der Waals surface area contributed by atoms with Crippen LogP contribution in [-0.2, 0) is 6.42 Å². The molecular weight excluding hydrogens is 298 g/mol. The SMILES string of the molecule is CCCCCSc1nc(NCCC)nc2sc(CC)cc12. The topological polar surface area (TPSA) is 37.8 Å². The van der Waals surface area contributed by atoms with Gasteiger partial charge in [0.25, 0.3) is 0 Å². The molecule has 2 rings (SSSR count). The van der Waals surface area contributed by atoms with Crippen molar-refractivity contribution in [1.29, 1.82) is 0 Å². The molecule has 0 radical (unpaired) electrons. The first kappa shape index (κ1) is 16.6. The molecule has 0 amide bonds. The lowest BCUT2D eigenvalue weighted by Crippen LogP contribution is -2.04. The highest BCUT2D eigenvalue weighted by molar-refractivity contribution is 7.99. The Hall–Kier alpha value is -0.810. The van der Waals surface area contributed by atoms with Gasteiger partial charge in [-0.2, -0.15) is 0 Å². The number of hydrogen-bond donors (Lipinski definition) is 1. The van der Waals surface area contributed by atoms with Crippen LogP contribution in [-0.4, -0.2) is 22.3 Å². The second-order valence-corrected chi connectivity index (χ2v) is 7.32. The first-order valence-corrected chi connectivity index (χ1v) is 9.75. The van der Waals surface area contributed by atoms with Crippen LogP contribution in [0.4, 0.5) is 5.95 Å². The van der Waals surface area contributed by atoms with Crippen LogP contribution in [0.2, 0.25) is 0 Å². The van der Waals surface area contributed by atoms with Gasteiger partial charge < -0.3 is 5.32 Å². The molecule has 21 heavy (non-hydrogen) atoms. The maximum atomic E-state index is 4.73. The third-order valence-corrected chi connectivity index (χ3v) is 5.53. The molecule has 2 heterocycles. The monoisotopic (exact) mass is 323 g/mol. The van der Waals surface area contributed by atoms with Crippen LogP contribution < -0.4 is 5.32 Å². The van der Waals surface area contributed by atoms with Crippen molar-refractivity contribution in [2.75, 3.05) is 17.6 Å². The minimum atomic E-state index is 0.784. The van der Waals surface area contributed by atoms with Gasteiger partial charge >= 0.3 is 0 Å². The normalized spacial score (nSPS) is 11.2. The van der Waals surface area contributed by atoms with Crippen LogP contribution in [0, 0.1) is 0 Å². The zero-order chi connectivity index (χ0) is 15.1. The number of unbranched alkanes of at least 4 members (excludes halogenated alkanes) is 2. The number of thioether (sulfide) groups is 1. The fourth-order valence-electron chi connectivity index (χ4n) is 2.07. The molecule has 0 aliphatic heterocycles. The zero-order valence-electron chi connectivity index (χ0n) is 13.2. The predicted molar refractivity (Wildman–Crippen MR) is 95.8 cm³/mol. The van der Waals surface area contributed by atoms with Gasteiger partial charge in [-0.3, -0.25) is 0 Å². The zero-order valence-corrected chi connectivity index (χ0v) is 14.9. The van der Waals surface area contributed by atoms with Gasteiger partial charge in [0.05, 0.1) is 0 Å². The average Bonchev–Trinajstić information content (AvgIpc) is 2.92. The van der Waals surface area contributed by atoms with E-state index in [1.54, 1.807) is 11.3 Å². The van der Waals surface area contributed by atoms with E-state index in [2.05, 4.69) is 37.1 Å². The second kappa shape index (κ2) is 8.59. The Morgan fingerprint density at radius 3 is 2.71 bits per heavy atom. The van der Waals surface area contributed by atoms with E-state index in [0.717, 1.165) is 40.9 Å². The van der Waals surface area contributed by atoms with E-state index in [1.165, 1.54) is 29.5 Å². The smallest absolute Gasteiger partial charge is 0.225 e. The first-order valence-electron chi connectivity index (χ1n) is 7.95. The van der Waals surface area contributed by atoms with E-state index in [1.807, 2.05) is 11.8 Å². The maximum absolute atomic E-state index is 4.73. The van der Waals surface area contributed by atoms with E-state index >= 15 is 0 Å². The molecule has 0 aliphatic rings. The summed E-state index contributed by atoms with van der Waals surface area (Å²) < 4.78 is 0. The maximum Gasteiger partial charge on any atom is 0.225 e. The van der Waals surface area contributed by atoms with Crippen molar-refractivity contribution in [2.24, 2.45) is 0 Å². The molecule has 2 aromatic heterocycles.